The average molecular weight is 177 g/mol. The molecular weight excluding hydrogens is 170 g/mol. The Morgan fingerprint density at radius 3 is 2.69 bits per heavy atom. The largest absolute Gasteiger partial charge is 0.465 e. The third-order valence-corrected chi connectivity index (χ3v) is 2.05. The number of nitrogens with zero attached hydrogens (tertiary/aromatic N) is 1. The van der Waals surface area contributed by atoms with E-state index >= 15 is 0 Å². The topological polar surface area (TPSA) is 57.6 Å². The molecule has 0 radical (unpaired) electrons. The minimum absolute atomic E-state index is 0.171. The maximum absolute atomic E-state index is 11.4. The highest BCUT2D eigenvalue weighted by atomic mass is 16.4. The molecule has 1 aromatic rings. The Labute approximate surface area is 74.4 Å². The molecule has 0 saturated carbocycles. The van der Waals surface area contributed by atoms with Crippen LogP contribution >= 0.6 is 0 Å². The molecule has 1 aliphatic heterocycles. The first kappa shape index (κ1) is 7.79. The number of hydrogen-bond acceptors (Lipinski definition) is 2. The van der Waals surface area contributed by atoms with Gasteiger partial charge in [-0.25, -0.2) is 9.69 Å². The highest BCUT2D eigenvalue weighted by molar-refractivity contribution is 6.05. The molecule has 0 aromatic heterocycles. The van der Waals surface area contributed by atoms with Crippen LogP contribution in [0.1, 0.15) is 15.9 Å². The normalized spacial score (nSPS) is 14.5. The lowest BCUT2D eigenvalue weighted by Crippen LogP contribution is -2.29. The highest BCUT2D eigenvalue weighted by Gasteiger charge is 2.31. The van der Waals surface area contributed by atoms with Gasteiger partial charge in [-0.3, -0.25) is 4.79 Å². The summed E-state index contributed by atoms with van der Waals surface area (Å²) in [5.74, 6) is -0.428. The fourth-order valence-electron chi connectivity index (χ4n) is 1.41. The van der Waals surface area contributed by atoms with Gasteiger partial charge in [0.2, 0.25) is 0 Å². The van der Waals surface area contributed by atoms with Crippen LogP contribution in [0, 0.1) is 0 Å². The first-order valence-corrected chi connectivity index (χ1v) is 3.83. The molecule has 0 atom stereocenters. The molecule has 2 rings (SSSR count). The van der Waals surface area contributed by atoms with Gasteiger partial charge < -0.3 is 5.11 Å². The Kier molecular flexibility index (Phi) is 1.55. The Morgan fingerprint density at radius 1 is 1.38 bits per heavy atom. The summed E-state index contributed by atoms with van der Waals surface area (Å²) in [5, 5.41) is 8.66. The van der Waals surface area contributed by atoms with Gasteiger partial charge in [-0.05, 0) is 11.6 Å². The predicted octanol–water partition coefficient (Wildman–Crippen LogP) is 1.32. The summed E-state index contributed by atoms with van der Waals surface area (Å²) in [6.45, 7) is 0.171. The number of hydrogen-bond donors (Lipinski definition) is 1. The van der Waals surface area contributed by atoms with Gasteiger partial charge in [-0.15, -0.1) is 0 Å². The van der Waals surface area contributed by atoms with Gasteiger partial charge in [-0.2, -0.15) is 0 Å². The van der Waals surface area contributed by atoms with Crippen LogP contribution in [-0.4, -0.2) is 22.0 Å². The summed E-state index contributed by atoms with van der Waals surface area (Å²) in [6.07, 6.45) is -1.19. The number of carboxylic acid groups (broad SMARTS) is 1. The molecule has 0 unspecified atom stereocenters. The molecule has 66 valence electrons. The van der Waals surface area contributed by atoms with Crippen molar-refractivity contribution in [2.75, 3.05) is 0 Å². The summed E-state index contributed by atoms with van der Waals surface area (Å²) < 4.78 is 0. The zero-order valence-electron chi connectivity index (χ0n) is 6.73. The van der Waals surface area contributed by atoms with Crippen molar-refractivity contribution in [2.24, 2.45) is 0 Å². The van der Waals surface area contributed by atoms with Crippen LogP contribution in [0.15, 0.2) is 24.3 Å². The van der Waals surface area contributed by atoms with Crippen LogP contribution in [0.5, 0.6) is 0 Å². The van der Waals surface area contributed by atoms with Gasteiger partial charge in [0, 0.05) is 5.56 Å². The Bertz CT molecular complexity index is 386. The molecule has 4 heteroatoms. The van der Waals surface area contributed by atoms with Gasteiger partial charge in [0.25, 0.3) is 5.91 Å². The second kappa shape index (κ2) is 2.58. The predicted molar refractivity (Wildman–Crippen MR) is 44.3 cm³/mol. The second-order valence-electron chi connectivity index (χ2n) is 2.83. The van der Waals surface area contributed by atoms with Crippen molar-refractivity contribution in [1.82, 2.24) is 4.90 Å². The summed E-state index contributed by atoms with van der Waals surface area (Å²) in [4.78, 5) is 22.8. The molecule has 1 aliphatic rings. The van der Waals surface area contributed by atoms with Crippen LogP contribution < -0.4 is 0 Å². The van der Waals surface area contributed by atoms with E-state index in [9.17, 15) is 9.59 Å². The van der Waals surface area contributed by atoms with Crippen molar-refractivity contribution < 1.29 is 14.7 Å². The minimum Gasteiger partial charge on any atom is -0.465 e. The van der Waals surface area contributed by atoms with Gasteiger partial charge in [0.05, 0.1) is 6.54 Å². The molecular formula is C9H7NO3. The van der Waals surface area contributed by atoms with Crippen molar-refractivity contribution in [3.63, 3.8) is 0 Å². The van der Waals surface area contributed by atoms with Crippen molar-refractivity contribution in [1.29, 1.82) is 0 Å². The molecule has 2 amide bonds. The first-order valence-electron chi connectivity index (χ1n) is 3.83. The van der Waals surface area contributed by atoms with E-state index in [1.165, 1.54) is 0 Å². The smallest absolute Gasteiger partial charge is 0.414 e. The van der Waals surface area contributed by atoms with Gasteiger partial charge >= 0.3 is 6.09 Å². The molecule has 0 spiro atoms. The molecule has 4 nitrogen and oxygen atoms in total. The van der Waals surface area contributed by atoms with Crippen LogP contribution in [0.2, 0.25) is 0 Å². The fraction of sp³-hybridized carbons (Fsp3) is 0.111. The Balaban J connectivity index is 2.44. The summed E-state index contributed by atoms with van der Waals surface area (Å²) in [5.41, 5.74) is 1.26. The number of carbonyl (C=O) groups is 2. The molecule has 0 saturated heterocycles. The second-order valence-corrected chi connectivity index (χ2v) is 2.83. The van der Waals surface area contributed by atoms with Gasteiger partial charge in [0.1, 0.15) is 0 Å². The van der Waals surface area contributed by atoms with E-state index in [1.54, 1.807) is 24.3 Å². The number of rotatable bonds is 0. The molecule has 0 aliphatic carbocycles. The monoisotopic (exact) mass is 177 g/mol. The summed E-state index contributed by atoms with van der Waals surface area (Å²) in [6, 6.07) is 6.91. The van der Waals surface area contributed by atoms with Crippen molar-refractivity contribution in [3.8, 4) is 0 Å². The van der Waals surface area contributed by atoms with E-state index in [-0.39, 0.29) is 6.54 Å². The lowest BCUT2D eigenvalue weighted by atomic mass is 10.1. The van der Waals surface area contributed by atoms with E-state index in [0.717, 1.165) is 10.5 Å². The van der Waals surface area contributed by atoms with E-state index in [2.05, 4.69) is 0 Å². The van der Waals surface area contributed by atoms with Crippen molar-refractivity contribution in [2.45, 2.75) is 6.54 Å². The average Bonchev–Trinajstić information content (AvgIpc) is 2.45. The lowest BCUT2D eigenvalue weighted by molar-refractivity contribution is 0.0764. The highest BCUT2D eigenvalue weighted by Crippen LogP contribution is 2.21. The van der Waals surface area contributed by atoms with Crippen LogP contribution in [0.3, 0.4) is 0 Å². The molecule has 1 N–H and O–H groups in total. The molecule has 1 aromatic carbocycles. The SMILES string of the molecule is O=C(O)N1Cc2ccccc2C1=O. The number of fused-ring (bicyclic) bond motifs is 1. The van der Waals surface area contributed by atoms with Gasteiger partial charge in [-0.1, -0.05) is 18.2 Å². The van der Waals surface area contributed by atoms with Crippen LogP contribution in [-0.2, 0) is 6.54 Å². The van der Waals surface area contributed by atoms with E-state index in [4.69, 9.17) is 5.11 Å². The van der Waals surface area contributed by atoms with E-state index in [0.29, 0.717) is 5.56 Å². The number of benzene rings is 1. The standard InChI is InChI=1S/C9H7NO3/c11-8-7-4-2-1-3-6(7)5-10(8)9(12)13/h1-4H,5H2,(H,12,13). The van der Waals surface area contributed by atoms with Crippen molar-refractivity contribution >= 4 is 12.0 Å². The number of imide groups is 1. The van der Waals surface area contributed by atoms with E-state index in [1.807, 2.05) is 0 Å². The maximum atomic E-state index is 11.4. The van der Waals surface area contributed by atoms with Crippen LogP contribution in [0.25, 0.3) is 0 Å². The Hall–Kier alpha value is -1.84. The third-order valence-electron chi connectivity index (χ3n) is 2.05. The van der Waals surface area contributed by atoms with E-state index < -0.39 is 12.0 Å². The Morgan fingerprint density at radius 2 is 2.08 bits per heavy atom. The zero-order chi connectivity index (χ0) is 9.42. The lowest BCUT2D eigenvalue weighted by Gasteiger charge is -2.06. The molecule has 1 heterocycles. The number of carbonyl (C=O) groups excluding carboxylic acids is 1. The zero-order valence-corrected chi connectivity index (χ0v) is 6.73. The third kappa shape index (κ3) is 1.07. The first-order chi connectivity index (χ1) is 6.20. The maximum Gasteiger partial charge on any atom is 0.414 e. The summed E-state index contributed by atoms with van der Waals surface area (Å²) >= 11 is 0. The van der Waals surface area contributed by atoms with Crippen molar-refractivity contribution in [3.05, 3.63) is 35.4 Å². The minimum atomic E-state index is -1.19. The molecule has 0 bridgehead atoms. The molecule has 0 fully saturated rings. The summed E-state index contributed by atoms with van der Waals surface area (Å²) in [7, 11) is 0. The quantitative estimate of drug-likeness (QED) is 0.650. The van der Waals surface area contributed by atoms with Gasteiger partial charge in [0.15, 0.2) is 0 Å². The number of amides is 2. The molecule has 13 heavy (non-hydrogen) atoms. The van der Waals surface area contributed by atoms with Crippen LogP contribution in [0.4, 0.5) is 4.79 Å². The fourth-order valence-corrected chi connectivity index (χ4v) is 1.41.